The number of amides is 2. The second kappa shape index (κ2) is 9.45. The van der Waals surface area contributed by atoms with E-state index in [0.717, 1.165) is 5.56 Å². The number of hydrogen-bond acceptors (Lipinski definition) is 7. The molecule has 0 saturated carbocycles. The Hall–Kier alpha value is -3.75. The van der Waals surface area contributed by atoms with Gasteiger partial charge in [0.05, 0.1) is 20.4 Å². The lowest BCUT2D eigenvalue weighted by molar-refractivity contribution is -0.139. The average Bonchev–Trinajstić information content (AvgIpc) is 3.21. The number of nitrogens with zero attached hydrogens (tertiary/aromatic N) is 1. The second-order valence-corrected chi connectivity index (χ2v) is 6.01. The van der Waals surface area contributed by atoms with E-state index in [1.165, 1.54) is 6.21 Å². The molecular formula is C20H21N3O6. The Balaban J connectivity index is 1.44. The highest BCUT2D eigenvalue weighted by molar-refractivity contribution is 6.35. The third-order valence-electron chi connectivity index (χ3n) is 4.13. The summed E-state index contributed by atoms with van der Waals surface area (Å²) in [5, 5.41) is 6.33. The lowest BCUT2D eigenvalue weighted by atomic mass is 10.1. The number of hydrazone groups is 1. The molecule has 9 nitrogen and oxygen atoms in total. The molecule has 0 bridgehead atoms. The molecule has 0 unspecified atom stereocenters. The predicted octanol–water partition coefficient (Wildman–Crippen LogP) is 1.24. The Morgan fingerprint density at radius 3 is 2.62 bits per heavy atom. The van der Waals surface area contributed by atoms with Gasteiger partial charge in [0.1, 0.15) is 0 Å². The molecule has 0 radical (unpaired) electrons. The van der Waals surface area contributed by atoms with Crippen molar-refractivity contribution >= 4 is 18.0 Å². The summed E-state index contributed by atoms with van der Waals surface area (Å²) in [5.41, 5.74) is 3.82. The number of ether oxygens (including phenoxy) is 4. The molecule has 3 rings (SSSR count). The standard InChI is InChI=1S/C20H21N3O6/c1-26-15-5-3-13(9-17(15)27-2)7-8-21-19(24)20(25)23-22-11-14-4-6-16-18(10-14)29-12-28-16/h3-6,9-11H,7-8,12H2,1-2H3,(H,21,24)(H,23,25)/b22-11+. The maximum atomic E-state index is 11.9. The number of carbonyl (C=O) groups excluding carboxylic acids is 2. The molecule has 0 saturated heterocycles. The Morgan fingerprint density at radius 1 is 1.03 bits per heavy atom. The molecule has 29 heavy (non-hydrogen) atoms. The molecule has 2 aromatic rings. The number of benzene rings is 2. The van der Waals surface area contributed by atoms with Gasteiger partial charge in [-0.2, -0.15) is 5.10 Å². The molecule has 0 spiro atoms. The van der Waals surface area contributed by atoms with Crippen molar-refractivity contribution in [2.75, 3.05) is 27.6 Å². The Labute approximate surface area is 167 Å². The van der Waals surface area contributed by atoms with Gasteiger partial charge in [0.25, 0.3) is 0 Å². The maximum absolute atomic E-state index is 11.9. The molecule has 2 aromatic carbocycles. The van der Waals surface area contributed by atoms with Gasteiger partial charge in [-0.15, -0.1) is 0 Å². The molecule has 152 valence electrons. The SMILES string of the molecule is COc1ccc(CCNC(=O)C(=O)N/N=C/c2ccc3c(c2)OCO3)cc1OC. The fraction of sp³-hybridized carbons (Fsp3) is 0.250. The highest BCUT2D eigenvalue weighted by Gasteiger charge is 2.14. The van der Waals surface area contributed by atoms with Crippen LogP contribution < -0.4 is 29.7 Å². The fourth-order valence-corrected chi connectivity index (χ4v) is 2.65. The molecule has 9 heteroatoms. The van der Waals surface area contributed by atoms with Crippen molar-refractivity contribution in [2.24, 2.45) is 5.10 Å². The molecule has 0 fully saturated rings. The van der Waals surface area contributed by atoms with E-state index in [2.05, 4.69) is 15.8 Å². The summed E-state index contributed by atoms with van der Waals surface area (Å²) in [5.74, 6) is 0.864. The van der Waals surface area contributed by atoms with Gasteiger partial charge in [-0.05, 0) is 47.9 Å². The minimum Gasteiger partial charge on any atom is -0.493 e. The number of nitrogens with one attached hydrogen (secondary N) is 2. The lowest BCUT2D eigenvalue weighted by Crippen LogP contribution is -2.38. The van der Waals surface area contributed by atoms with Crippen molar-refractivity contribution in [3.05, 3.63) is 47.5 Å². The van der Waals surface area contributed by atoms with Gasteiger partial charge >= 0.3 is 11.8 Å². The molecular weight excluding hydrogens is 378 g/mol. The highest BCUT2D eigenvalue weighted by atomic mass is 16.7. The zero-order valence-corrected chi connectivity index (χ0v) is 16.1. The number of methoxy groups -OCH3 is 2. The molecule has 0 aromatic heterocycles. The largest absolute Gasteiger partial charge is 0.493 e. The Kier molecular flexibility index (Phi) is 6.51. The van der Waals surface area contributed by atoms with Crippen molar-refractivity contribution in [2.45, 2.75) is 6.42 Å². The van der Waals surface area contributed by atoms with Crippen LogP contribution in [0.3, 0.4) is 0 Å². The highest BCUT2D eigenvalue weighted by Crippen LogP contribution is 2.32. The van der Waals surface area contributed by atoms with Crippen molar-refractivity contribution < 1.29 is 28.5 Å². The van der Waals surface area contributed by atoms with Crippen molar-refractivity contribution in [3.8, 4) is 23.0 Å². The summed E-state index contributed by atoms with van der Waals surface area (Å²) in [6.45, 7) is 0.462. The zero-order chi connectivity index (χ0) is 20.6. The second-order valence-electron chi connectivity index (χ2n) is 6.01. The number of hydrogen-bond donors (Lipinski definition) is 2. The first-order valence-corrected chi connectivity index (χ1v) is 8.82. The molecule has 0 aliphatic carbocycles. The summed E-state index contributed by atoms with van der Waals surface area (Å²) in [7, 11) is 3.11. The van der Waals surface area contributed by atoms with Crippen molar-refractivity contribution in [3.63, 3.8) is 0 Å². The molecule has 2 N–H and O–H groups in total. The Morgan fingerprint density at radius 2 is 1.83 bits per heavy atom. The van der Waals surface area contributed by atoms with E-state index in [4.69, 9.17) is 18.9 Å². The van der Waals surface area contributed by atoms with Crippen LogP contribution in [-0.4, -0.2) is 45.6 Å². The average molecular weight is 399 g/mol. The van der Waals surface area contributed by atoms with Gasteiger partial charge in [-0.3, -0.25) is 9.59 Å². The summed E-state index contributed by atoms with van der Waals surface area (Å²) in [4.78, 5) is 23.7. The van der Waals surface area contributed by atoms with Crippen LogP contribution in [0.2, 0.25) is 0 Å². The van der Waals surface area contributed by atoms with E-state index in [-0.39, 0.29) is 13.3 Å². The number of fused-ring (bicyclic) bond motifs is 1. The van der Waals surface area contributed by atoms with E-state index in [1.54, 1.807) is 38.5 Å². The molecule has 1 aliphatic heterocycles. The first kappa shape index (κ1) is 20.0. The zero-order valence-electron chi connectivity index (χ0n) is 16.1. The van der Waals surface area contributed by atoms with Crippen LogP contribution in [0, 0.1) is 0 Å². The smallest absolute Gasteiger partial charge is 0.329 e. The predicted molar refractivity (Wildman–Crippen MR) is 105 cm³/mol. The van der Waals surface area contributed by atoms with Gasteiger partial charge < -0.3 is 24.3 Å². The minimum atomic E-state index is -0.852. The molecule has 1 heterocycles. The molecule has 0 atom stereocenters. The number of rotatable bonds is 7. The topological polar surface area (TPSA) is 107 Å². The Bertz CT molecular complexity index is 928. The van der Waals surface area contributed by atoms with Crippen molar-refractivity contribution in [1.82, 2.24) is 10.7 Å². The van der Waals surface area contributed by atoms with Crippen LogP contribution in [0.5, 0.6) is 23.0 Å². The summed E-state index contributed by atoms with van der Waals surface area (Å²) < 4.78 is 20.9. The quantitative estimate of drug-likeness (QED) is 0.412. The van der Waals surface area contributed by atoms with Gasteiger partial charge in [0.2, 0.25) is 6.79 Å². The lowest BCUT2D eigenvalue weighted by Gasteiger charge is -2.10. The third-order valence-corrected chi connectivity index (χ3v) is 4.13. The van der Waals surface area contributed by atoms with Crippen LogP contribution >= 0.6 is 0 Å². The van der Waals surface area contributed by atoms with E-state index in [0.29, 0.717) is 35.0 Å². The first-order valence-electron chi connectivity index (χ1n) is 8.82. The third kappa shape index (κ3) is 5.16. The van der Waals surface area contributed by atoms with Gasteiger partial charge in [0, 0.05) is 6.54 Å². The molecule has 1 aliphatic rings. The summed E-state index contributed by atoms with van der Waals surface area (Å²) in [6.07, 6.45) is 1.94. The van der Waals surface area contributed by atoms with Gasteiger partial charge in [-0.25, -0.2) is 5.43 Å². The van der Waals surface area contributed by atoms with Crippen LogP contribution in [0.15, 0.2) is 41.5 Å². The minimum absolute atomic E-state index is 0.177. The van der Waals surface area contributed by atoms with E-state index in [9.17, 15) is 9.59 Å². The van der Waals surface area contributed by atoms with E-state index < -0.39 is 11.8 Å². The normalized spacial score (nSPS) is 11.9. The van der Waals surface area contributed by atoms with Crippen LogP contribution in [-0.2, 0) is 16.0 Å². The van der Waals surface area contributed by atoms with Gasteiger partial charge in [-0.1, -0.05) is 6.07 Å². The summed E-state index contributed by atoms with van der Waals surface area (Å²) >= 11 is 0. The van der Waals surface area contributed by atoms with Crippen LogP contribution in [0.4, 0.5) is 0 Å². The van der Waals surface area contributed by atoms with E-state index >= 15 is 0 Å². The maximum Gasteiger partial charge on any atom is 0.329 e. The monoisotopic (exact) mass is 399 g/mol. The van der Waals surface area contributed by atoms with E-state index in [1.807, 2.05) is 12.1 Å². The van der Waals surface area contributed by atoms with Crippen LogP contribution in [0.1, 0.15) is 11.1 Å². The van der Waals surface area contributed by atoms with Gasteiger partial charge in [0.15, 0.2) is 23.0 Å². The summed E-state index contributed by atoms with van der Waals surface area (Å²) in [6, 6.07) is 10.7. The van der Waals surface area contributed by atoms with Crippen LogP contribution in [0.25, 0.3) is 0 Å². The van der Waals surface area contributed by atoms with Crippen molar-refractivity contribution in [1.29, 1.82) is 0 Å². The number of carbonyl (C=O) groups is 2. The molecule has 2 amide bonds. The first-order chi connectivity index (χ1) is 14.1. The fourth-order valence-electron chi connectivity index (χ4n) is 2.65.